The molecule has 0 aliphatic heterocycles. The monoisotopic (exact) mass is 305 g/mol. The fraction of sp³-hybridized carbons (Fsp3) is 0.526. The highest BCUT2D eigenvalue weighted by Crippen LogP contribution is 2.40. The van der Waals surface area contributed by atoms with Crippen molar-refractivity contribution in [3.63, 3.8) is 0 Å². The molecule has 0 aromatic heterocycles. The van der Waals surface area contributed by atoms with E-state index in [0.29, 0.717) is 0 Å². The highest BCUT2D eigenvalue weighted by Gasteiger charge is 2.26. The lowest BCUT2D eigenvalue weighted by atomic mass is 9.78. The summed E-state index contributed by atoms with van der Waals surface area (Å²) >= 11 is 0. The number of aromatic hydroxyl groups is 1. The molecule has 0 atom stereocenters. The number of rotatable bonds is 3. The molecule has 0 radical (unpaired) electrons. The minimum absolute atomic E-state index is 0. The smallest absolute Gasteiger partial charge is 0.123 e. The van der Waals surface area contributed by atoms with Gasteiger partial charge in [0.1, 0.15) is 5.75 Å². The van der Waals surface area contributed by atoms with E-state index in [1.54, 1.807) is 0 Å². The number of carboxylic acids is 1. The second-order valence-electron chi connectivity index (χ2n) is 7.61. The largest absolute Gasteiger partial charge is 0.545 e. The van der Waals surface area contributed by atoms with E-state index in [2.05, 4.69) is 6.58 Å². The van der Waals surface area contributed by atoms with Crippen molar-refractivity contribution in [2.45, 2.75) is 66.2 Å². The first kappa shape index (κ1) is 20.2. The summed E-state index contributed by atoms with van der Waals surface area (Å²) in [4.78, 5) is 10.9. The Morgan fingerprint density at radius 3 is 1.73 bits per heavy atom. The summed E-state index contributed by atoms with van der Waals surface area (Å²) in [7, 11) is 0. The number of aliphatic carboxylic acids is 1. The zero-order valence-electron chi connectivity index (χ0n) is 13.8. The normalized spacial score (nSPS) is 11.7. The highest BCUT2D eigenvalue weighted by atomic mass is 16.4. The van der Waals surface area contributed by atoms with Crippen molar-refractivity contribution in [2.75, 3.05) is 0 Å². The third kappa shape index (κ3) is 4.62. The summed E-state index contributed by atoms with van der Waals surface area (Å²) in [6.45, 7) is 15.6. The summed E-state index contributed by atoms with van der Waals surface area (Å²) in [6, 6.07) is 3.72. The Morgan fingerprint density at radius 1 is 1.09 bits per heavy atom. The lowest BCUT2D eigenvalue weighted by molar-refractivity contribution is -0.299. The summed E-state index contributed by atoms with van der Waals surface area (Å²) in [5, 5.41) is 21.5. The molecule has 1 N–H and O–H groups in total. The van der Waals surface area contributed by atoms with Crippen molar-refractivity contribution in [1.82, 2.24) is 0 Å². The maximum atomic E-state index is 10.9. The van der Waals surface area contributed by atoms with Crippen LogP contribution in [0.25, 0.3) is 0 Å². The molecule has 0 fully saturated rings. The molecular weight excluding hydrogens is 276 g/mol. The minimum Gasteiger partial charge on any atom is -0.545 e. The van der Waals surface area contributed by atoms with Gasteiger partial charge in [-0.2, -0.15) is 0 Å². The first-order valence-corrected chi connectivity index (χ1v) is 7.10. The van der Waals surface area contributed by atoms with Crippen LogP contribution in [0.1, 0.15) is 65.7 Å². The van der Waals surface area contributed by atoms with Crippen LogP contribution >= 0.6 is 0 Å². The molecule has 1 rings (SSSR count). The molecule has 3 heteroatoms. The fourth-order valence-corrected chi connectivity index (χ4v) is 2.26. The Kier molecular flexibility index (Phi) is 6.03. The Hall–Kier alpha value is -1.77. The lowest BCUT2D eigenvalue weighted by Crippen LogP contribution is -2.25. The van der Waals surface area contributed by atoms with E-state index in [4.69, 9.17) is 0 Å². The zero-order valence-corrected chi connectivity index (χ0v) is 13.8. The second-order valence-corrected chi connectivity index (χ2v) is 7.61. The Balaban J connectivity index is 0.00000441. The van der Waals surface area contributed by atoms with Gasteiger partial charge < -0.3 is 15.0 Å². The summed E-state index contributed by atoms with van der Waals surface area (Å²) < 4.78 is 0. The molecule has 0 aliphatic carbocycles. The van der Waals surface area contributed by atoms with E-state index in [-0.39, 0.29) is 36.0 Å². The SMILES string of the molecule is C.C=C(Cc1cc(C(C)(C)C)c(O)c(C(C)(C)C)c1)C(=O)[O-]. The van der Waals surface area contributed by atoms with Crippen LogP contribution in [0.5, 0.6) is 5.75 Å². The summed E-state index contributed by atoms with van der Waals surface area (Å²) in [5.74, 6) is -0.949. The van der Waals surface area contributed by atoms with Gasteiger partial charge in [-0.25, -0.2) is 0 Å². The maximum Gasteiger partial charge on any atom is 0.123 e. The molecule has 1 aromatic rings. The standard InChI is InChI=1S/C18H26O3.CH4/c1-11(16(20)21)8-12-9-13(17(2,3)4)15(19)14(10-12)18(5,6)7;/h9-10,19H,1,8H2,2-7H3,(H,20,21);1H4/p-1. The Morgan fingerprint density at radius 2 is 1.45 bits per heavy atom. The van der Waals surface area contributed by atoms with E-state index in [0.717, 1.165) is 16.7 Å². The quantitative estimate of drug-likeness (QED) is 0.870. The molecule has 124 valence electrons. The average molecular weight is 305 g/mol. The van der Waals surface area contributed by atoms with Crippen LogP contribution in [-0.4, -0.2) is 11.1 Å². The third-order valence-corrected chi connectivity index (χ3v) is 3.49. The van der Waals surface area contributed by atoms with Gasteiger partial charge in [0.25, 0.3) is 0 Å². The number of benzene rings is 1. The Labute approximate surface area is 134 Å². The van der Waals surface area contributed by atoms with E-state index in [1.165, 1.54) is 0 Å². The van der Waals surface area contributed by atoms with Crippen molar-refractivity contribution >= 4 is 5.97 Å². The molecule has 0 amide bonds. The molecule has 3 nitrogen and oxygen atoms in total. The van der Waals surface area contributed by atoms with Crippen molar-refractivity contribution in [1.29, 1.82) is 0 Å². The van der Waals surface area contributed by atoms with E-state index in [9.17, 15) is 15.0 Å². The van der Waals surface area contributed by atoms with Gasteiger partial charge in [-0.3, -0.25) is 0 Å². The average Bonchev–Trinajstić information content (AvgIpc) is 2.27. The van der Waals surface area contributed by atoms with Crippen LogP contribution in [0.2, 0.25) is 0 Å². The van der Waals surface area contributed by atoms with Crippen LogP contribution < -0.4 is 5.11 Å². The van der Waals surface area contributed by atoms with Crippen molar-refractivity contribution in [3.05, 3.63) is 41.0 Å². The predicted molar refractivity (Wildman–Crippen MR) is 90.1 cm³/mol. The molecule has 0 unspecified atom stereocenters. The fourth-order valence-electron chi connectivity index (χ4n) is 2.26. The van der Waals surface area contributed by atoms with Crippen molar-refractivity contribution in [2.24, 2.45) is 0 Å². The van der Waals surface area contributed by atoms with Gasteiger partial charge in [0.2, 0.25) is 0 Å². The number of carboxylic acid groups (broad SMARTS) is 1. The number of carbonyl (C=O) groups is 1. The molecule has 0 bridgehead atoms. The molecule has 1 aromatic carbocycles. The van der Waals surface area contributed by atoms with Crippen molar-refractivity contribution < 1.29 is 15.0 Å². The summed E-state index contributed by atoms with van der Waals surface area (Å²) in [5.41, 5.74) is 2.04. The van der Waals surface area contributed by atoms with Gasteiger partial charge >= 0.3 is 0 Å². The Bertz CT molecular complexity index is 534. The van der Waals surface area contributed by atoms with Gasteiger partial charge in [-0.05, 0) is 39.5 Å². The van der Waals surface area contributed by atoms with E-state index >= 15 is 0 Å². The van der Waals surface area contributed by atoms with Crippen LogP contribution in [0.3, 0.4) is 0 Å². The second kappa shape index (κ2) is 6.55. The van der Waals surface area contributed by atoms with Gasteiger partial charge in [0.05, 0.1) is 5.97 Å². The molecule has 0 saturated heterocycles. The summed E-state index contributed by atoms with van der Waals surface area (Å²) in [6.07, 6.45) is 0.217. The molecular formula is C19H29O3-. The number of hydrogen-bond acceptors (Lipinski definition) is 3. The predicted octanol–water partition coefficient (Wildman–Crippen LogP) is 3.47. The van der Waals surface area contributed by atoms with Crippen LogP contribution in [-0.2, 0) is 22.0 Å². The zero-order chi connectivity index (χ0) is 16.6. The van der Waals surface area contributed by atoms with Crippen LogP contribution in [0.15, 0.2) is 24.3 Å². The highest BCUT2D eigenvalue weighted by molar-refractivity contribution is 5.84. The lowest BCUT2D eigenvalue weighted by Gasteiger charge is -2.28. The molecule has 0 heterocycles. The first-order chi connectivity index (χ1) is 9.34. The molecule has 0 saturated carbocycles. The van der Waals surface area contributed by atoms with Gasteiger partial charge in [0, 0.05) is 0 Å². The van der Waals surface area contributed by atoms with Gasteiger partial charge in [0.15, 0.2) is 0 Å². The maximum absolute atomic E-state index is 10.9. The third-order valence-electron chi connectivity index (χ3n) is 3.49. The van der Waals surface area contributed by atoms with E-state index in [1.807, 2.05) is 53.7 Å². The van der Waals surface area contributed by atoms with Gasteiger partial charge in [-0.15, -0.1) is 0 Å². The topological polar surface area (TPSA) is 60.4 Å². The van der Waals surface area contributed by atoms with Crippen molar-refractivity contribution in [3.8, 4) is 5.75 Å². The van der Waals surface area contributed by atoms with Crippen LogP contribution in [0, 0.1) is 0 Å². The number of phenolic OH excluding ortho intramolecular Hbond substituents is 1. The molecule has 22 heavy (non-hydrogen) atoms. The van der Waals surface area contributed by atoms with Gasteiger partial charge in [-0.1, -0.05) is 67.7 Å². The molecule has 0 spiro atoms. The van der Waals surface area contributed by atoms with Crippen LogP contribution in [0.4, 0.5) is 0 Å². The number of phenols is 1. The molecule has 0 aliphatic rings. The number of hydrogen-bond donors (Lipinski definition) is 1. The minimum atomic E-state index is -1.24. The first-order valence-electron chi connectivity index (χ1n) is 7.10. The number of carbonyl (C=O) groups excluding carboxylic acids is 1. The van der Waals surface area contributed by atoms with E-state index < -0.39 is 5.97 Å².